The SMILES string of the molecule is C=C1C=CC2=C(CC3C=C(C)CC2(N=Cc2ccc(C)cc2)C3=CC)N1. The molecule has 0 fully saturated rings. The minimum Gasteiger partial charge on any atom is -0.359 e. The zero-order valence-electron chi connectivity index (χ0n) is 15.8. The highest BCUT2D eigenvalue weighted by atomic mass is 15.0. The molecule has 2 nitrogen and oxygen atoms in total. The van der Waals surface area contributed by atoms with Crippen LogP contribution in [0.2, 0.25) is 0 Å². The lowest BCUT2D eigenvalue weighted by Gasteiger charge is -2.47. The molecule has 2 heteroatoms. The van der Waals surface area contributed by atoms with Crippen LogP contribution in [0.15, 0.2) is 88.3 Å². The standard InChI is InChI=1S/C24H26N2/c1-5-21-20-12-17(3)14-24(21,22-11-8-18(4)26-23(22)13-20)25-15-19-9-6-16(2)7-10-19/h5-12,15,20,26H,4,13-14H2,1-3H3. The minimum absolute atomic E-state index is 0.305. The highest BCUT2D eigenvalue weighted by Gasteiger charge is 2.47. The molecule has 0 saturated heterocycles. The third kappa shape index (κ3) is 2.70. The van der Waals surface area contributed by atoms with Gasteiger partial charge in [0.15, 0.2) is 0 Å². The summed E-state index contributed by atoms with van der Waals surface area (Å²) in [5.74, 6) is 0.412. The molecule has 26 heavy (non-hydrogen) atoms. The maximum atomic E-state index is 5.23. The first kappa shape index (κ1) is 16.8. The summed E-state index contributed by atoms with van der Waals surface area (Å²) in [4.78, 5) is 5.23. The summed E-state index contributed by atoms with van der Waals surface area (Å²) in [7, 11) is 0. The summed E-state index contributed by atoms with van der Waals surface area (Å²) in [6.45, 7) is 10.6. The first-order valence-electron chi connectivity index (χ1n) is 9.35. The van der Waals surface area contributed by atoms with Gasteiger partial charge >= 0.3 is 0 Å². The molecule has 3 aliphatic rings. The van der Waals surface area contributed by atoms with E-state index in [1.165, 1.54) is 28.0 Å². The van der Waals surface area contributed by atoms with Gasteiger partial charge in [-0.05, 0) is 44.4 Å². The molecule has 4 rings (SSSR count). The van der Waals surface area contributed by atoms with Gasteiger partial charge < -0.3 is 5.32 Å². The number of allylic oxidation sites excluding steroid dienone is 4. The Bertz CT molecular complexity index is 906. The summed E-state index contributed by atoms with van der Waals surface area (Å²) in [6.07, 6.45) is 13.0. The molecule has 1 aliphatic heterocycles. The van der Waals surface area contributed by atoms with E-state index in [4.69, 9.17) is 4.99 Å². The summed E-state index contributed by atoms with van der Waals surface area (Å²) in [5, 5.41) is 3.50. The molecule has 0 aromatic heterocycles. The van der Waals surface area contributed by atoms with E-state index in [0.29, 0.717) is 5.92 Å². The fourth-order valence-corrected chi connectivity index (χ4v) is 4.56. The zero-order valence-corrected chi connectivity index (χ0v) is 15.8. The van der Waals surface area contributed by atoms with Crippen molar-refractivity contribution in [1.29, 1.82) is 0 Å². The number of nitrogens with one attached hydrogen (secondary N) is 1. The van der Waals surface area contributed by atoms with Crippen LogP contribution in [0, 0.1) is 12.8 Å². The van der Waals surface area contributed by atoms with Crippen LogP contribution in [0.1, 0.15) is 37.8 Å². The third-order valence-corrected chi connectivity index (χ3v) is 5.68. The van der Waals surface area contributed by atoms with Crippen LogP contribution in [0.25, 0.3) is 0 Å². The van der Waals surface area contributed by atoms with Crippen molar-refractivity contribution in [2.45, 2.75) is 39.2 Å². The van der Waals surface area contributed by atoms with Crippen LogP contribution in [0.5, 0.6) is 0 Å². The second-order valence-electron chi connectivity index (χ2n) is 7.65. The molecular weight excluding hydrogens is 316 g/mol. The molecule has 1 N–H and O–H groups in total. The van der Waals surface area contributed by atoms with Gasteiger partial charge in [-0.1, -0.05) is 60.2 Å². The second-order valence-corrected chi connectivity index (χ2v) is 7.65. The van der Waals surface area contributed by atoms with Crippen molar-refractivity contribution in [1.82, 2.24) is 5.32 Å². The predicted molar refractivity (Wildman–Crippen MR) is 110 cm³/mol. The minimum atomic E-state index is -0.305. The number of hydrogen-bond acceptors (Lipinski definition) is 2. The molecule has 2 unspecified atom stereocenters. The normalized spacial score (nSPS) is 29.0. The molecule has 2 bridgehead atoms. The van der Waals surface area contributed by atoms with E-state index in [2.05, 4.69) is 81.2 Å². The average Bonchev–Trinajstić information content (AvgIpc) is 2.60. The van der Waals surface area contributed by atoms with E-state index >= 15 is 0 Å². The largest absolute Gasteiger partial charge is 0.359 e. The van der Waals surface area contributed by atoms with Crippen molar-refractivity contribution in [2.75, 3.05) is 0 Å². The molecule has 2 aliphatic carbocycles. The van der Waals surface area contributed by atoms with Crippen molar-refractivity contribution in [3.8, 4) is 0 Å². The van der Waals surface area contributed by atoms with Gasteiger partial charge in [0.05, 0.1) is 0 Å². The lowest BCUT2D eigenvalue weighted by atomic mass is 9.62. The van der Waals surface area contributed by atoms with Crippen LogP contribution in [-0.2, 0) is 0 Å². The Balaban J connectivity index is 1.85. The van der Waals surface area contributed by atoms with E-state index in [0.717, 1.165) is 24.1 Å². The van der Waals surface area contributed by atoms with Crippen LogP contribution in [-0.4, -0.2) is 11.8 Å². The molecule has 0 amide bonds. The Morgan fingerprint density at radius 1 is 1.19 bits per heavy atom. The quantitative estimate of drug-likeness (QED) is 0.565. The molecule has 0 spiro atoms. The number of aliphatic imine (C=N–C) groups is 1. The van der Waals surface area contributed by atoms with Gasteiger partial charge in [0.25, 0.3) is 0 Å². The number of benzene rings is 1. The van der Waals surface area contributed by atoms with Crippen LogP contribution >= 0.6 is 0 Å². The topological polar surface area (TPSA) is 24.4 Å². The zero-order chi connectivity index (χ0) is 18.3. The summed E-state index contributed by atoms with van der Waals surface area (Å²) in [6, 6.07) is 8.57. The summed E-state index contributed by atoms with van der Waals surface area (Å²) >= 11 is 0. The third-order valence-electron chi connectivity index (χ3n) is 5.68. The molecule has 1 aromatic rings. The predicted octanol–water partition coefficient (Wildman–Crippen LogP) is 5.40. The van der Waals surface area contributed by atoms with Crippen LogP contribution in [0.3, 0.4) is 0 Å². The Morgan fingerprint density at radius 3 is 2.69 bits per heavy atom. The smallest absolute Gasteiger partial charge is 0.113 e. The van der Waals surface area contributed by atoms with Crippen molar-refractivity contribution in [2.24, 2.45) is 10.9 Å². The highest BCUT2D eigenvalue weighted by molar-refractivity contribution is 5.81. The number of aryl methyl sites for hydroxylation is 1. The second kappa shape index (κ2) is 6.28. The lowest BCUT2D eigenvalue weighted by Crippen LogP contribution is -2.44. The monoisotopic (exact) mass is 342 g/mol. The average molecular weight is 342 g/mol. The van der Waals surface area contributed by atoms with Gasteiger partial charge in [-0.2, -0.15) is 0 Å². The summed E-state index contributed by atoms with van der Waals surface area (Å²) < 4.78 is 0. The van der Waals surface area contributed by atoms with Gasteiger partial charge in [0, 0.05) is 35.5 Å². The first-order chi connectivity index (χ1) is 12.5. The van der Waals surface area contributed by atoms with Gasteiger partial charge in [-0.15, -0.1) is 0 Å². The molecule has 2 atom stereocenters. The van der Waals surface area contributed by atoms with Crippen LogP contribution in [0.4, 0.5) is 0 Å². The molecular formula is C24H26N2. The van der Waals surface area contributed by atoms with E-state index < -0.39 is 0 Å². The molecule has 1 heterocycles. The Kier molecular flexibility index (Phi) is 4.07. The van der Waals surface area contributed by atoms with E-state index in [1.807, 2.05) is 6.21 Å². The van der Waals surface area contributed by atoms with Crippen molar-refractivity contribution in [3.63, 3.8) is 0 Å². The Labute approximate surface area is 156 Å². The lowest BCUT2D eigenvalue weighted by molar-refractivity contribution is 0.453. The molecule has 0 radical (unpaired) electrons. The number of dihydropyridines is 1. The maximum absolute atomic E-state index is 5.23. The van der Waals surface area contributed by atoms with Gasteiger partial charge in [0.2, 0.25) is 0 Å². The van der Waals surface area contributed by atoms with Gasteiger partial charge in [-0.3, -0.25) is 4.99 Å². The molecule has 132 valence electrons. The number of rotatable bonds is 2. The number of nitrogens with zero attached hydrogens (tertiary/aromatic N) is 1. The van der Waals surface area contributed by atoms with E-state index in [9.17, 15) is 0 Å². The number of hydrogen-bond donors (Lipinski definition) is 1. The first-order valence-corrected chi connectivity index (χ1v) is 9.35. The molecule has 0 saturated carbocycles. The maximum Gasteiger partial charge on any atom is 0.113 e. The molecule has 1 aromatic carbocycles. The van der Waals surface area contributed by atoms with E-state index in [-0.39, 0.29) is 5.54 Å². The summed E-state index contributed by atoms with van der Waals surface area (Å²) in [5.41, 5.74) is 8.49. The van der Waals surface area contributed by atoms with Gasteiger partial charge in [-0.25, -0.2) is 0 Å². The Hall–Kier alpha value is -2.61. The fraction of sp³-hybridized carbons (Fsp3) is 0.292. The van der Waals surface area contributed by atoms with Gasteiger partial charge in [0.1, 0.15) is 5.54 Å². The number of fused-ring (bicyclic) bond motifs is 3. The Morgan fingerprint density at radius 2 is 1.96 bits per heavy atom. The van der Waals surface area contributed by atoms with Crippen molar-refractivity contribution >= 4 is 6.21 Å². The highest BCUT2D eigenvalue weighted by Crippen LogP contribution is 2.52. The van der Waals surface area contributed by atoms with Crippen molar-refractivity contribution in [3.05, 3.63) is 94.4 Å². The van der Waals surface area contributed by atoms with E-state index in [1.54, 1.807) is 0 Å². The van der Waals surface area contributed by atoms with Crippen LogP contribution < -0.4 is 5.32 Å². The van der Waals surface area contributed by atoms with Crippen molar-refractivity contribution < 1.29 is 0 Å². The fourth-order valence-electron chi connectivity index (χ4n) is 4.56.